The lowest BCUT2D eigenvalue weighted by Gasteiger charge is -2.16. The Morgan fingerprint density at radius 1 is 1.62 bits per heavy atom. The standard InChI is InChI=1S/C11H16N2O3/c1-7(6-12)13-9-5-8(11(14)15)3-4-10(9)16-2/h3-5,7,13H,6,12H2,1-2H3,(H,14,15). The number of anilines is 1. The molecule has 0 aliphatic heterocycles. The Morgan fingerprint density at radius 3 is 2.81 bits per heavy atom. The lowest BCUT2D eigenvalue weighted by atomic mass is 10.1. The van der Waals surface area contributed by atoms with Crippen molar-refractivity contribution in [1.82, 2.24) is 0 Å². The van der Waals surface area contributed by atoms with E-state index >= 15 is 0 Å². The minimum atomic E-state index is -0.967. The van der Waals surface area contributed by atoms with Gasteiger partial charge in [0.05, 0.1) is 18.4 Å². The fourth-order valence-electron chi connectivity index (χ4n) is 1.28. The van der Waals surface area contributed by atoms with Gasteiger partial charge in [-0.15, -0.1) is 0 Å². The van der Waals surface area contributed by atoms with Crippen LogP contribution in [0.5, 0.6) is 5.75 Å². The van der Waals surface area contributed by atoms with E-state index in [1.165, 1.54) is 19.2 Å². The van der Waals surface area contributed by atoms with Crippen molar-refractivity contribution in [3.05, 3.63) is 23.8 Å². The Balaban J connectivity index is 3.02. The van der Waals surface area contributed by atoms with E-state index in [1.807, 2.05) is 6.92 Å². The van der Waals surface area contributed by atoms with E-state index in [0.29, 0.717) is 18.0 Å². The molecule has 0 aromatic heterocycles. The van der Waals surface area contributed by atoms with E-state index in [0.717, 1.165) is 0 Å². The number of nitrogens with two attached hydrogens (primary N) is 1. The first-order valence-corrected chi connectivity index (χ1v) is 4.96. The van der Waals surface area contributed by atoms with Crippen LogP contribution in [0.3, 0.4) is 0 Å². The molecule has 0 fully saturated rings. The average Bonchev–Trinajstić information content (AvgIpc) is 2.28. The van der Waals surface area contributed by atoms with Crippen molar-refractivity contribution in [1.29, 1.82) is 0 Å². The summed E-state index contributed by atoms with van der Waals surface area (Å²) >= 11 is 0. The first kappa shape index (κ1) is 12.3. The van der Waals surface area contributed by atoms with E-state index in [1.54, 1.807) is 6.07 Å². The van der Waals surface area contributed by atoms with Gasteiger partial charge in [0.2, 0.25) is 0 Å². The number of carboxylic acids is 1. The Labute approximate surface area is 94.2 Å². The van der Waals surface area contributed by atoms with Crippen LogP contribution in [0, 0.1) is 0 Å². The maximum Gasteiger partial charge on any atom is 0.335 e. The van der Waals surface area contributed by atoms with Gasteiger partial charge in [-0.2, -0.15) is 0 Å². The normalized spacial score (nSPS) is 11.9. The molecule has 0 spiro atoms. The topological polar surface area (TPSA) is 84.6 Å². The van der Waals surface area contributed by atoms with Gasteiger partial charge in [-0.25, -0.2) is 4.79 Å². The number of carbonyl (C=O) groups is 1. The van der Waals surface area contributed by atoms with Crippen LogP contribution in [0.15, 0.2) is 18.2 Å². The molecule has 0 saturated carbocycles. The van der Waals surface area contributed by atoms with Crippen LogP contribution in [0.1, 0.15) is 17.3 Å². The molecule has 1 rings (SSSR count). The molecule has 5 nitrogen and oxygen atoms in total. The van der Waals surface area contributed by atoms with E-state index < -0.39 is 5.97 Å². The van der Waals surface area contributed by atoms with Gasteiger partial charge in [-0.3, -0.25) is 0 Å². The molecule has 0 amide bonds. The highest BCUT2D eigenvalue weighted by atomic mass is 16.5. The molecule has 4 N–H and O–H groups in total. The van der Waals surface area contributed by atoms with Crippen molar-refractivity contribution in [2.45, 2.75) is 13.0 Å². The summed E-state index contributed by atoms with van der Waals surface area (Å²) in [5.74, 6) is -0.364. The zero-order valence-electron chi connectivity index (χ0n) is 9.36. The third-order valence-electron chi connectivity index (χ3n) is 2.20. The summed E-state index contributed by atoms with van der Waals surface area (Å²) < 4.78 is 5.13. The fraction of sp³-hybridized carbons (Fsp3) is 0.364. The zero-order chi connectivity index (χ0) is 12.1. The molecule has 0 saturated heterocycles. The number of rotatable bonds is 5. The first-order chi connectivity index (χ1) is 7.58. The van der Waals surface area contributed by atoms with E-state index in [4.69, 9.17) is 15.6 Å². The van der Waals surface area contributed by atoms with Crippen molar-refractivity contribution in [2.75, 3.05) is 19.0 Å². The molecule has 1 unspecified atom stereocenters. The quantitative estimate of drug-likeness (QED) is 0.698. The summed E-state index contributed by atoms with van der Waals surface area (Å²) in [6.07, 6.45) is 0. The van der Waals surface area contributed by atoms with Crippen LogP contribution in [-0.4, -0.2) is 30.8 Å². The van der Waals surface area contributed by atoms with Gasteiger partial charge in [0, 0.05) is 12.6 Å². The average molecular weight is 224 g/mol. The van der Waals surface area contributed by atoms with Crippen molar-refractivity contribution in [2.24, 2.45) is 5.73 Å². The fourth-order valence-corrected chi connectivity index (χ4v) is 1.28. The van der Waals surface area contributed by atoms with Crippen LogP contribution in [-0.2, 0) is 0 Å². The summed E-state index contributed by atoms with van der Waals surface area (Å²) in [6, 6.07) is 4.71. The Morgan fingerprint density at radius 2 is 2.31 bits per heavy atom. The molecule has 1 aromatic rings. The second kappa shape index (κ2) is 5.37. The van der Waals surface area contributed by atoms with Crippen molar-refractivity contribution >= 4 is 11.7 Å². The molecular formula is C11H16N2O3. The van der Waals surface area contributed by atoms with Crippen molar-refractivity contribution < 1.29 is 14.6 Å². The minimum absolute atomic E-state index is 0.0537. The lowest BCUT2D eigenvalue weighted by Crippen LogP contribution is -2.25. The van der Waals surface area contributed by atoms with Gasteiger partial charge in [0.15, 0.2) is 0 Å². The van der Waals surface area contributed by atoms with Gasteiger partial charge < -0.3 is 20.9 Å². The van der Waals surface area contributed by atoms with Gasteiger partial charge in [0.1, 0.15) is 5.75 Å². The number of benzene rings is 1. The Bertz CT molecular complexity index is 379. The Kier molecular flexibility index (Phi) is 4.13. The monoisotopic (exact) mass is 224 g/mol. The molecule has 0 radical (unpaired) electrons. The molecule has 0 heterocycles. The van der Waals surface area contributed by atoms with E-state index in [2.05, 4.69) is 5.32 Å². The van der Waals surface area contributed by atoms with Crippen LogP contribution in [0.25, 0.3) is 0 Å². The molecule has 0 aliphatic carbocycles. The number of carboxylic acid groups (broad SMARTS) is 1. The van der Waals surface area contributed by atoms with Crippen LogP contribution < -0.4 is 15.8 Å². The molecule has 0 aliphatic rings. The SMILES string of the molecule is COc1ccc(C(=O)O)cc1NC(C)CN. The van der Waals surface area contributed by atoms with Crippen molar-refractivity contribution in [3.63, 3.8) is 0 Å². The third kappa shape index (κ3) is 2.87. The predicted octanol–water partition coefficient (Wildman–Crippen LogP) is 1.15. The van der Waals surface area contributed by atoms with Crippen molar-refractivity contribution in [3.8, 4) is 5.75 Å². The molecule has 1 atom stereocenters. The maximum atomic E-state index is 10.8. The third-order valence-corrected chi connectivity index (χ3v) is 2.20. The number of aromatic carboxylic acids is 1. The Hall–Kier alpha value is -1.75. The molecule has 1 aromatic carbocycles. The summed E-state index contributed by atoms with van der Waals surface area (Å²) in [4.78, 5) is 10.8. The smallest absolute Gasteiger partial charge is 0.335 e. The van der Waals surface area contributed by atoms with Gasteiger partial charge in [-0.1, -0.05) is 0 Å². The number of hydrogen-bond donors (Lipinski definition) is 3. The van der Waals surface area contributed by atoms with Gasteiger partial charge in [0.25, 0.3) is 0 Å². The molecule has 88 valence electrons. The maximum absolute atomic E-state index is 10.8. The second-order valence-corrected chi connectivity index (χ2v) is 3.50. The zero-order valence-corrected chi connectivity index (χ0v) is 9.36. The number of hydrogen-bond acceptors (Lipinski definition) is 4. The summed E-state index contributed by atoms with van der Waals surface area (Å²) in [5, 5.41) is 12.0. The molecular weight excluding hydrogens is 208 g/mol. The van der Waals surface area contributed by atoms with Gasteiger partial charge in [-0.05, 0) is 25.1 Å². The van der Waals surface area contributed by atoms with Crippen LogP contribution in [0.4, 0.5) is 5.69 Å². The molecule has 0 bridgehead atoms. The van der Waals surface area contributed by atoms with E-state index in [-0.39, 0.29) is 11.6 Å². The summed E-state index contributed by atoms with van der Waals surface area (Å²) in [7, 11) is 1.54. The van der Waals surface area contributed by atoms with E-state index in [9.17, 15) is 4.79 Å². The van der Waals surface area contributed by atoms with Gasteiger partial charge >= 0.3 is 5.97 Å². The van der Waals surface area contributed by atoms with Crippen LogP contribution >= 0.6 is 0 Å². The minimum Gasteiger partial charge on any atom is -0.495 e. The predicted molar refractivity (Wildman–Crippen MR) is 62.1 cm³/mol. The highest BCUT2D eigenvalue weighted by Gasteiger charge is 2.10. The molecule has 5 heteroatoms. The number of nitrogens with one attached hydrogen (secondary N) is 1. The van der Waals surface area contributed by atoms with Crippen LogP contribution in [0.2, 0.25) is 0 Å². The summed E-state index contributed by atoms with van der Waals surface area (Å²) in [6.45, 7) is 2.37. The highest BCUT2D eigenvalue weighted by molar-refractivity contribution is 5.89. The number of methoxy groups -OCH3 is 1. The number of ether oxygens (including phenoxy) is 1. The largest absolute Gasteiger partial charge is 0.495 e. The second-order valence-electron chi connectivity index (χ2n) is 3.50. The highest BCUT2D eigenvalue weighted by Crippen LogP contribution is 2.26. The summed E-state index contributed by atoms with van der Waals surface area (Å²) in [5.41, 5.74) is 6.34. The molecule has 16 heavy (non-hydrogen) atoms. The first-order valence-electron chi connectivity index (χ1n) is 4.96. The lowest BCUT2D eigenvalue weighted by molar-refractivity contribution is 0.0697.